The highest BCUT2D eigenvalue weighted by molar-refractivity contribution is 7.85. The van der Waals surface area contributed by atoms with Crippen molar-refractivity contribution in [3.63, 3.8) is 0 Å². The maximum absolute atomic E-state index is 10.4. The van der Waals surface area contributed by atoms with Gasteiger partial charge >= 0.3 is 0 Å². The van der Waals surface area contributed by atoms with Crippen LogP contribution in [-0.2, 0) is 22.7 Å². The van der Waals surface area contributed by atoms with Crippen molar-refractivity contribution < 1.29 is 13.0 Å². The number of hydrogen-bond donors (Lipinski definition) is 0. The van der Waals surface area contributed by atoms with Gasteiger partial charge in [-0.1, -0.05) is 82.4 Å². The fraction of sp³-hybridized carbons (Fsp3) is 0.700. The number of hydrogen-bond acceptors (Lipinski definition) is 3. The highest BCUT2D eigenvalue weighted by Crippen LogP contribution is 2.11. The van der Waals surface area contributed by atoms with Crippen LogP contribution in [0.5, 0.6) is 0 Å². The number of benzene rings is 1. The van der Waals surface area contributed by atoms with E-state index in [4.69, 9.17) is 0 Å². The minimum atomic E-state index is -4.27. The van der Waals surface area contributed by atoms with Crippen molar-refractivity contribution in [3.8, 4) is 0 Å². The third-order valence-electron chi connectivity index (χ3n) is 4.09. The van der Waals surface area contributed by atoms with Crippen molar-refractivity contribution >= 4 is 22.7 Å². The summed E-state index contributed by atoms with van der Waals surface area (Å²) < 4.78 is 31.2. The van der Waals surface area contributed by atoms with Crippen LogP contribution in [0.15, 0.2) is 29.2 Å². The van der Waals surface area contributed by atoms with Gasteiger partial charge in [0.05, 0.1) is 4.90 Å². The predicted molar refractivity (Wildman–Crippen MR) is 111 cm³/mol. The highest BCUT2D eigenvalue weighted by atomic mass is 32.2. The topological polar surface area (TPSA) is 57.2 Å². The van der Waals surface area contributed by atoms with Crippen molar-refractivity contribution in [2.75, 3.05) is 5.75 Å². The number of unbranched alkanes of at least 4 members (excludes halogenated alkanes) is 10. The Morgan fingerprint density at radius 1 is 0.800 bits per heavy atom. The normalized spacial score (nSPS) is 11.0. The molecule has 0 radical (unpaired) electrons. The zero-order chi connectivity index (χ0) is 19.0. The lowest BCUT2D eigenvalue weighted by Crippen LogP contribution is -1.97. The predicted octanol–water partition coefficient (Wildman–Crippen LogP) is 5.21. The third-order valence-corrected chi connectivity index (χ3v) is 5.29. The zero-order valence-electron chi connectivity index (χ0n) is 15.9. The van der Waals surface area contributed by atoms with Gasteiger partial charge in [-0.25, -0.2) is 8.42 Å². The van der Waals surface area contributed by atoms with Crippen LogP contribution in [0.25, 0.3) is 0 Å². The van der Waals surface area contributed by atoms with E-state index < -0.39 is 10.1 Å². The lowest BCUT2D eigenvalue weighted by molar-refractivity contribution is 0.463. The number of rotatable bonds is 12. The van der Waals surface area contributed by atoms with Crippen molar-refractivity contribution in [2.24, 2.45) is 0 Å². The third kappa shape index (κ3) is 15.5. The quantitative estimate of drug-likeness (QED) is 0.281. The monoisotopic (exact) mass is 388 g/mol. The highest BCUT2D eigenvalue weighted by Gasteiger charge is 1.97. The Balaban J connectivity index is 0.000000472. The standard InChI is InChI=1S/C13H28S.C7H8O3S/c1-2-3-4-5-6-7-8-9-10-11-12-13-14;1-6-2-4-7(5-3-6)11(8,9)10/h14H,2-13H2,1H3;2-5H,1H3,(H,8,9,10). The summed E-state index contributed by atoms with van der Waals surface area (Å²) in [6.45, 7) is 4.10. The molecule has 0 aromatic heterocycles. The molecule has 146 valence electrons. The molecule has 0 aliphatic carbocycles. The molecule has 0 unspecified atom stereocenters. The molecule has 1 aromatic rings. The summed E-state index contributed by atoms with van der Waals surface area (Å²) in [6, 6.07) is 5.78. The van der Waals surface area contributed by atoms with Gasteiger partial charge in [-0.2, -0.15) is 0 Å². The van der Waals surface area contributed by atoms with Crippen LogP contribution in [0.3, 0.4) is 0 Å². The van der Waals surface area contributed by atoms with E-state index in [-0.39, 0.29) is 4.90 Å². The molecule has 0 aliphatic heterocycles. The first kappa shape index (κ1) is 24.5. The van der Waals surface area contributed by atoms with Crippen LogP contribution < -0.4 is 0 Å². The lowest BCUT2D eigenvalue weighted by atomic mass is 10.1. The van der Waals surface area contributed by atoms with Crippen LogP contribution in [-0.4, -0.2) is 18.7 Å². The summed E-state index contributed by atoms with van der Waals surface area (Å²) >= 11 is 3.51. The van der Waals surface area contributed by atoms with E-state index in [0.717, 1.165) is 5.56 Å². The van der Waals surface area contributed by atoms with Gasteiger partial charge in [-0.3, -0.25) is 0 Å². The molecule has 0 spiro atoms. The van der Waals surface area contributed by atoms with Crippen LogP contribution in [0, 0.1) is 6.92 Å². The largest absolute Gasteiger partial charge is 0.744 e. The molecule has 0 N–H and O–H groups in total. The maximum atomic E-state index is 10.4. The first-order valence-corrected chi connectivity index (χ1v) is 11.7. The molecule has 1 aromatic carbocycles. The first-order valence-electron chi connectivity index (χ1n) is 9.59. The van der Waals surface area contributed by atoms with Gasteiger partial charge in [-0.15, -0.1) is 0 Å². The molecular weight excluding hydrogens is 352 g/mol. The molecule has 0 amide bonds. The van der Waals surface area contributed by atoms with Crippen molar-refractivity contribution in [1.29, 1.82) is 0 Å². The van der Waals surface area contributed by atoms with Gasteiger partial charge in [0.2, 0.25) is 0 Å². The van der Waals surface area contributed by atoms with E-state index in [9.17, 15) is 13.0 Å². The van der Waals surface area contributed by atoms with Crippen LogP contribution in [0.1, 0.15) is 83.1 Å². The van der Waals surface area contributed by atoms with Crippen LogP contribution in [0.4, 0.5) is 0 Å². The van der Waals surface area contributed by atoms with E-state index >= 15 is 0 Å². The minimum Gasteiger partial charge on any atom is -0.744 e. The summed E-state index contributed by atoms with van der Waals surface area (Å²) in [6.07, 6.45) is 15.8. The van der Waals surface area contributed by atoms with Gasteiger partial charge in [0.25, 0.3) is 0 Å². The molecule has 0 bridgehead atoms. The Bertz CT molecular complexity index is 498. The van der Waals surface area contributed by atoms with Crippen molar-refractivity contribution in [1.82, 2.24) is 0 Å². The molecule has 0 aliphatic rings. The molecular formula is C20H36O3S2. The molecule has 0 saturated carbocycles. The smallest absolute Gasteiger partial charge is 0.124 e. The fourth-order valence-electron chi connectivity index (χ4n) is 2.49. The molecule has 1 rings (SSSR count). The molecule has 5 heteroatoms. The summed E-state index contributed by atoms with van der Waals surface area (Å²) in [7, 11) is -4.27. The average Bonchev–Trinajstić information content (AvgIpc) is 2.57. The Morgan fingerprint density at radius 2 is 1.20 bits per heavy atom. The van der Waals surface area contributed by atoms with E-state index in [0.29, 0.717) is 0 Å². The summed E-state index contributed by atoms with van der Waals surface area (Å²) in [5.41, 5.74) is 0.928. The van der Waals surface area contributed by atoms with Gasteiger partial charge in [0, 0.05) is 0 Å². The number of aryl methyl sites for hydroxylation is 1. The van der Waals surface area contributed by atoms with Crippen molar-refractivity contribution in [2.45, 2.75) is 89.4 Å². The van der Waals surface area contributed by atoms with E-state index in [1.807, 2.05) is 6.92 Å². The van der Waals surface area contributed by atoms with E-state index in [1.54, 1.807) is 12.1 Å². The zero-order valence-corrected chi connectivity index (χ0v) is 17.7. The average molecular weight is 389 g/mol. The molecule has 0 fully saturated rings. The minimum absolute atomic E-state index is 0.178. The Kier molecular flexibility index (Phi) is 15.4. The van der Waals surface area contributed by atoms with E-state index in [2.05, 4.69) is 19.6 Å². The summed E-state index contributed by atoms with van der Waals surface area (Å²) in [5, 5.41) is 0. The Morgan fingerprint density at radius 3 is 1.56 bits per heavy atom. The molecule has 0 saturated heterocycles. The summed E-state index contributed by atoms with van der Waals surface area (Å²) in [4.78, 5) is -0.178. The molecule has 3 nitrogen and oxygen atoms in total. The first-order chi connectivity index (χ1) is 11.9. The molecule has 0 heterocycles. The Hall–Kier alpha value is -0.520. The maximum Gasteiger partial charge on any atom is 0.124 e. The second-order valence-electron chi connectivity index (χ2n) is 6.55. The second-order valence-corrected chi connectivity index (χ2v) is 8.43. The van der Waals surface area contributed by atoms with Gasteiger partial charge in [-0.05, 0) is 44.5 Å². The SMILES string of the molecule is CCCCCCCCCCCCC[SH2+].Cc1ccc(S(=O)(=O)[O-])cc1. The van der Waals surface area contributed by atoms with Crippen molar-refractivity contribution in [3.05, 3.63) is 29.8 Å². The van der Waals surface area contributed by atoms with Gasteiger partial charge < -0.3 is 4.55 Å². The fourth-order valence-corrected chi connectivity index (χ4v) is 3.21. The summed E-state index contributed by atoms with van der Waals surface area (Å²) in [5.74, 6) is 1.18. The second kappa shape index (κ2) is 15.7. The molecule has 25 heavy (non-hydrogen) atoms. The van der Waals surface area contributed by atoms with Crippen LogP contribution in [0.2, 0.25) is 0 Å². The van der Waals surface area contributed by atoms with Gasteiger partial charge in [0.1, 0.15) is 15.9 Å². The van der Waals surface area contributed by atoms with Gasteiger partial charge in [0.15, 0.2) is 0 Å². The molecule has 0 atom stereocenters. The van der Waals surface area contributed by atoms with Crippen LogP contribution >= 0.6 is 0 Å². The Labute approximate surface area is 160 Å². The van der Waals surface area contributed by atoms with E-state index in [1.165, 1.54) is 88.5 Å². The lowest BCUT2D eigenvalue weighted by Gasteiger charge is -2.05.